The molecule has 0 fully saturated rings. The smallest absolute Gasteiger partial charge is 0.474 e. The first-order valence-electron chi connectivity index (χ1n) is 7.49. The zero-order valence-electron chi connectivity index (χ0n) is 12.8. The Balaban J connectivity index is 1.87. The molecule has 0 bridgehead atoms. The summed E-state index contributed by atoms with van der Waals surface area (Å²) in [4.78, 5) is 12.2. The fraction of sp³-hybridized carbons (Fsp3) is 0.235. The number of esters is 1. The first-order chi connectivity index (χ1) is 11.2. The monoisotopic (exact) mass is 312 g/mol. The van der Waals surface area contributed by atoms with Gasteiger partial charge in [0.05, 0.1) is 13.2 Å². The number of hydrogen-bond donors (Lipinski definition) is 1. The third-order valence-electron chi connectivity index (χ3n) is 3.64. The van der Waals surface area contributed by atoms with E-state index in [-0.39, 0.29) is 6.61 Å². The molecule has 118 valence electrons. The minimum absolute atomic E-state index is 0.280. The zero-order valence-corrected chi connectivity index (χ0v) is 12.8. The zero-order chi connectivity index (χ0) is 16.2. The second-order valence-electron chi connectivity index (χ2n) is 5.18. The summed E-state index contributed by atoms with van der Waals surface area (Å²) < 4.78 is 16.1. The van der Waals surface area contributed by atoms with Crippen LogP contribution < -0.4 is 10.2 Å². The minimum atomic E-state index is -0.952. The summed E-state index contributed by atoms with van der Waals surface area (Å²) in [6, 6.07) is 14.5. The molecule has 0 amide bonds. The minimum Gasteiger partial charge on any atom is -0.474 e. The van der Waals surface area contributed by atoms with Crippen LogP contribution in [0.25, 0.3) is 0 Å². The number of benzene rings is 2. The van der Waals surface area contributed by atoms with Crippen LogP contribution >= 0.6 is 0 Å². The van der Waals surface area contributed by atoms with Gasteiger partial charge in [-0.05, 0) is 30.1 Å². The number of ether oxygens (including phenoxy) is 2. The normalized spacial score (nSPS) is 14.3. The van der Waals surface area contributed by atoms with Gasteiger partial charge in [-0.3, -0.25) is 0 Å². The molecule has 3 rings (SSSR count). The molecule has 0 aromatic heterocycles. The van der Waals surface area contributed by atoms with Crippen molar-refractivity contribution in [1.82, 2.24) is 0 Å². The SMILES string of the molecule is CCOC(=O)C(Oc1ccc2c(c1)B(O)OC2)c1ccccc1. The number of hydrogen-bond acceptors (Lipinski definition) is 5. The van der Waals surface area contributed by atoms with Crippen molar-refractivity contribution in [2.75, 3.05) is 6.61 Å². The molecule has 2 aromatic carbocycles. The first kappa shape index (κ1) is 15.6. The van der Waals surface area contributed by atoms with Crippen molar-refractivity contribution >= 4 is 18.6 Å². The molecule has 0 aliphatic carbocycles. The van der Waals surface area contributed by atoms with Crippen LogP contribution in [-0.2, 0) is 20.8 Å². The summed E-state index contributed by atoms with van der Waals surface area (Å²) in [6.07, 6.45) is -0.853. The fourth-order valence-corrected chi connectivity index (χ4v) is 2.50. The lowest BCUT2D eigenvalue weighted by Gasteiger charge is -2.18. The molecule has 6 heteroatoms. The summed E-state index contributed by atoms with van der Waals surface area (Å²) >= 11 is 0. The van der Waals surface area contributed by atoms with Crippen LogP contribution in [0.4, 0.5) is 0 Å². The van der Waals surface area contributed by atoms with Crippen molar-refractivity contribution in [2.24, 2.45) is 0 Å². The lowest BCUT2D eigenvalue weighted by Crippen LogP contribution is -2.28. The lowest BCUT2D eigenvalue weighted by atomic mass is 9.79. The van der Waals surface area contributed by atoms with Crippen LogP contribution in [0, 0.1) is 0 Å². The van der Waals surface area contributed by atoms with E-state index in [1.165, 1.54) is 0 Å². The topological polar surface area (TPSA) is 65.0 Å². The summed E-state index contributed by atoms with van der Waals surface area (Å²) in [5.74, 6) is 0.0335. The second-order valence-corrected chi connectivity index (χ2v) is 5.18. The summed E-state index contributed by atoms with van der Waals surface area (Å²) in [5, 5.41) is 9.78. The average Bonchev–Trinajstić information content (AvgIpc) is 2.94. The quantitative estimate of drug-likeness (QED) is 0.671. The Morgan fingerprint density at radius 1 is 1.30 bits per heavy atom. The Bertz CT molecular complexity index is 689. The van der Waals surface area contributed by atoms with Gasteiger partial charge in [-0.1, -0.05) is 36.4 Å². The number of rotatable bonds is 5. The molecular formula is C17H17BO5. The average molecular weight is 312 g/mol. The third-order valence-corrected chi connectivity index (χ3v) is 3.64. The molecule has 2 aromatic rings. The molecule has 1 atom stereocenters. The van der Waals surface area contributed by atoms with Gasteiger partial charge in [-0.15, -0.1) is 0 Å². The predicted octanol–water partition coefficient (Wildman–Crippen LogP) is 1.59. The second kappa shape index (κ2) is 6.85. The highest BCUT2D eigenvalue weighted by Crippen LogP contribution is 2.24. The fourth-order valence-electron chi connectivity index (χ4n) is 2.50. The molecule has 0 radical (unpaired) electrons. The van der Waals surface area contributed by atoms with E-state index < -0.39 is 19.2 Å². The van der Waals surface area contributed by atoms with Gasteiger partial charge >= 0.3 is 13.1 Å². The molecule has 0 saturated carbocycles. The lowest BCUT2D eigenvalue weighted by molar-refractivity contribution is -0.151. The van der Waals surface area contributed by atoms with E-state index in [9.17, 15) is 9.82 Å². The van der Waals surface area contributed by atoms with Gasteiger partial charge in [-0.2, -0.15) is 0 Å². The Morgan fingerprint density at radius 3 is 2.83 bits per heavy atom. The van der Waals surface area contributed by atoms with Gasteiger partial charge in [0, 0.05) is 5.56 Å². The van der Waals surface area contributed by atoms with Gasteiger partial charge in [0.1, 0.15) is 5.75 Å². The van der Waals surface area contributed by atoms with E-state index >= 15 is 0 Å². The van der Waals surface area contributed by atoms with Gasteiger partial charge in [-0.25, -0.2) is 4.79 Å². The highest BCUT2D eigenvalue weighted by Gasteiger charge is 2.29. The van der Waals surface area contributed by atoms with Crippen LogP contribution in [0.3, 0.4) is 0 Å². The largest absolute Gasteiger partial charge is 0.491 e. The van der Waals surface area contributed by atoms with Crippen molar-refractivity contribution in [3.63, 3.8) is 0 Å². The Morgan fingerprint density at radius 2 is 2.09 bits per heavy atom. The molecule has 0 saturated heterocycles. The van der Waals surface area contributed by atoms with Crippen LogP contribution in [-0.4, -0.2) is 24.7 Å². The van der Waals surface area contributed by atoms with Gasteiger partial charge in [0.25, 0.3) is 0 Å². The Hall–Kier alpha value is -2.31. The van der Waals surface area contributed by atoms with Crippen molar-refractivity contribution in [2.45, 2.75) is 19.6 Å². The third kappa shape index (κ3) is 3.38. The molecule has 1 aliphatic rings. The number of carbonyl (C=O) groups is 1. The summed E-state index contributed by atoms with van der Waals surface area (Å²) in [6.45, 7) is 2.40. The Kier molecular flexibility index (Phi) is 4.64. The van der Waals surface area contributed by atoms with Gasteiger partial charge in [0.2, 0.25) is 6.10 Å². The van der Waals surface area contributed by atoms with Crippen LogP contribution in [0.15, 0.2) is 48.5 Å². The standard InChI is InChI=1S/C17H17BO5/c1-2-21-17(19)16(12-6-4-3-5-7-12)23-14-9-8-13-11-22-18(20)15(13)10-14/h3-10,16,20H,2,11H2,1H3. The first-order valence-corrected chi connectivity index (χ1v) is 7.49. The highest BCUT2D eigenvalue weighted by molar-refractivity contribution is 6.61. The summed E-state index contributed by atoms with van der Waals surface area (Å²) in [7, 11) is -0.952. The van der Waals surface area contributed by atoms with Gasteiger partial charge in [0.15, 0.2) is 0 Å². The molecule has 1 heterocycles. The molecule has 1 aliphatic heterocycles. The van der Waals surface area contributed by atoms with E-state index in [0.29, 0.717) is 23.4 Å². The van der Waals surface area contributed by atoms with E-state index in [0.717, 1.165) is 5.56 Å². The van der Waals surface area contributed by atoms with Crippen LogP contribution in [0.5, 0.6) is 5.75 Å². The molecule has 1 unspecified atom stereocenters. The van der Waals surface area contributed by atoms with Crippen molar-refractivity contribution in [3.05, 3.63) is 59.7 Å². The van der Waals surface area contributed by atoms with Crippen LogP contribution in [0.2, 0.25) is 0 Å². The van der Waals surface area contributed by atoms with Gasteiger partial charge < -0.3 is 19.2 Å². The molecule has 5 nitrogen and oxygen atoms in total. The number of carbonyl (C=O) groups excluding carboxylic acids is 1. The maximum atomic E-state index is 12.2. The maximum absolute atomic E-state index is 12.2. The van der Waals surface area contributed by atoms with E-state index in [4.69, 9.17) is 14.1 Å². The highest BCUT2D eigenvalue weighted by atomic mass is 16.6. The summed E-state index contributed by atoms with van der Waals surface area (Å²) in [5.41, 5.74) is 2.29. The molecule has 23 heavy (non-hydrogen) atoms. The predicted molar refractivity (Wildman–Crippen MR) is 85.3 cm³/mol. The van der Waals surface area contributed by atoms with E-state index in [1.54, 1.807) is 19.1 Å². The van der Waals surface area contributed by atoms with E-state index in [2.05, 4.69) is 0 Å². The van der Waals surface area contributed by atoms with Crippen molar-refractivity contribution < 1.29 is 23.9 Å². The molecular weight excluding hydrogens is 295 g/mol. The van der Waals surface area contributed by atoms with Crippen LogP contribution in [0.1, 0.15) is 24.2 Å². The molecule has 0 spiro atoms. The van der Waals surface area contributed by atoms with Crippen molar-refractivity contribution in [1.29, 1.82) is 0 Å². The number of fused-ring (bicyclic) bond motifs is 1. The maximum Gasteiger partial charge on any atom is 0.491 e. The molecule has 1 N–H and O–H groups in total. The van der Waals surface area contributed by atoms with E-state index in [1.807, 2.05) is 36.4 Å². The Labute approximate surface area is 134 Å². The van der Waals surface area contributed by atoms with Crippen molar-refractivity contribution in [3.8, 4) is 5.75 Å².